The third-order valence-electron chi connectivity index (χ3n) is 3.96. The second-order valence-corrected chi connectivity index (χ2v) is 6.27. The van der Waals surface area contributed by atoms with E-state index in [1.807, 2.05) is 32.0 Å². The molecule has 1 N–H and O–H groups in total. The Bertz CT molecular complexity index is 839. The minimum Gasteiger partial charge on any atom is -0.481 e. The van der Waals surface area contributed by atoms with Crippen molar-refractivity contribution in [1.82, 2.24) is 0 Å². The van der Waals surface area contributed by atoms with Crippen LogP contribution in [0.4, 0.5) is 5.69 Å². The van der Waals surface area contributed by atoms with Crippen LogP contribution in [0.15, 0.2) is 42.5 Å². The zero-order valence-corrected chi connectivity index (χ0v) is 15.9. The van der Waals surface area contributed by atoms with Gasteiger partial charge >= 0.3 is 5.97 Å². The van der Waals surface area contributed by atoms with Gasteiger partial charge in [-0.2, -0.15) is 0 Å². The number of para-hydroxylation sites is 1. The molecule has 2 aromatic rings. The quantitative estimate of drug-likeness (QED) is 0.597. The van der Waals surface area contributed by atoms with E-state index < -0.39 is 18.0 Å². The van der Waals surface area contributed by atoms with E-state index in [-0.39, 0.29) is 12.4 Å². The Kier molecular flexibility index (Phi) is 6.71. The molecule has 0 aliphatic rings. The highest BCUT2D eigenvalue weighted by Crippen LogP contribution is 2.22. The molecule has 0 unspecified atom stereocenters. The Morgan fingerprint density at radius 3 is 2.30 bits per heavy atom. The average Bonchev–Trinajstić information content (AvgIpc) is 2.61. The summed E-state index contributed by atoms with van der Waals surface area (Å²) < 4.78 is 10.6. The number of rotatable bonds is 7. The molecule has 0 fully saturated rings. The normalized spacial score (nSPS) is 11.4. The Morgan fingerprint density at radius 1 is 1.04 bits per heavy atom. The summed E-state index contributed by atoms with van der Waals surface area (Å²) >= 11 is 0. The van der Waals surface area contributed by atoms with Gasteiger partial charge in [0.1, 0.15) is 5.75 Å². The molecule has 1 atom stereocenters. The van der Waals surface area contributed by atoms with Crippen molar-refractivity contribution in [3.63, 3.8) is 0 Å². The third kappa shape index (κ3) is 5.67. The van der Waals surface area contributed by atoms with Gasteiger partial charge in [-0.15, -0.1) is 0 Å². The third-order valence-corrected chi connectivity index (χ3v) is 3.96. The van der Waals surface area contributed by atoms with Gasteiger partial charge in [-0.05, 0) is 51.0 Å². The van der Waals surface area contributed by atoms with E-state index in [1.54, 1.807) is 24.3 Å². The zero-order chi connectivity index (χ0) is 20.0. The maximum Gasteiger partial charge on any atom is 0.344 e. The minimum absolute atomic E-state index is 0.103. The molecule has 0 bridgehead atoms. The Balaban J connectivity index is 1.89. The van der Waals surface area contributed by atoms with Crippen molar-refractivity contribution in [2.75, 3.05) is 11.9 Å². The fourth-order valence-corrected chi connectivity index (χ4v) is 2.50. The first kappa shape index (κ1) is 20.2. The zero-order valence-electron chi connectivity index (χ0n) is 15.9. The summed E-state index contributed by atoms with van der Waals surface area (Å²) in [5.41, 5.74) is 2.78. The molecule has 0 saturated heterocycles. The van der Waals surface area contributed by atoms with E-state index in [4.69, 9.17) is 9.47 Å². The molecule has 2 aromatic carbocycles. The van der Waals surface area contributed by atoms with Gasteiger partial charge in [0.15, 0.2) is 18.5 Å². The molecule has 27 heavy (non-hydrogen) atoms. The van der Waals surface area contributed by atoms with Crippen LogP contribution in [0, 0.1) is 13.8 Å². The summed E-state index contributed by atoms with van der Waals surface area (Å²) in [6.45, 7) is 6.41. The maximum absolute atomic E-state index is 12.2. The number of ketones is 1. The fourth-order valence-electron chi connectivity index (χ4n) is 2.50. The first-order valence-electron chi connectivity index (χ1n) is 8.58. The summed E-state index contributed by atoms with van der Waals surface area (Å²) in [5.74, 6) is -0.601. The van der Waals surface area contributed by atoms with Gasteiger partial charge in [-0.1, -0.05) is 30.3 Å². The molecule has 2 rings (SSSR count). The second kappa shape index (κ2) is 8.98. The first-order chi connectivity index (χ1) is 12.8. The van der Waals surface area contributed by atoms with E-state index >= 15 is 0 Å². The average molecular weight is 369 g/mol. The summed E-state index contributed by atoms with van der Waals surface area (Å²) in [4.78, 5) is 35.6. The van der Waals surface area contributed by atoms with Crippen molar-refractivity contribution in [1.29, 1.82) is 0 Å². The van der Waals surface area contributed by atoms with E-state index in [1.165, 1.54) is 13.8 Å². The number of hydrogen-bond acceptors (Lipinski definition) is 5. The van der Waals surface area contributed by atoms with Crippen molar-refractivity contribution in [3.05, 3.63) is 59.2 Å². The van der Waals surface area contributed by atoms with Crippen LogP contribution in [0.2, 0.25) is 0 Å². The van der Waals surface area contributed by atoms with Gasteiger partial charge < -0.3 is 14.8 Å². The molecule has 0 radical (unpaired) electrons. The lowest BCUT2D eigenvalue weighted by Crippen LogP contribution is -2.31. The molecular weight excluding hydrogens is 346 g/mol. The molecule has 6 heteroatoms. The highest BCUT2D eigenvalue weighted by Gasteiger charge is 2.19. The first-order valence-corrected chi connectivity index (χ1v) is 8.58. The Hall–Kier alpha value is -3.15. The topological polar surface area (TPSA) is 81.7 Å². The van der Waals surface area contributed by atoms with Gasteiger partial charge in [0, 0.05) is 11.3 Å². The SMILES string of the molecule is CC(=O)c1cccc(NC(=O)[C@H](C)OC(=O)COc2c(C)cccc2C)c1. The van der Waals surface area contributed by atoms with Gasteiger partial charge in [0.2, 0.25) is 0 Å². The van der Waals surface area contributed by atoms with Crippen molar-refractivity contribution >= 4 is 23.3 Å². The van der Waals surface area contributed by atoms with Crippen LogP contribution in [0.25, 0.3) is 0 Å². The number of hydrogen-bond donors (Lipinski definition) is 1. The van der Waals surface area contributed by atoms with Crippen LogP contribution in [0.5, 0.6) is 5.75 Å². The number of carbonyl (C=O) groups is 3. The number of Topliss-reactive ketones (excluding diaryl/α,β-unsaturated/α-hetero) is 1. The lowest BCUT2D eigenvalue weighted by atomic mass is 10.1. The smallest absolute Gasteiger partial charge is 0.344 e. The molecule has 0 aliphatic carbocycles. The molecular formula is C21H23NO5. The van der Waals surface area contributed by atoms with E-state index in [0.29, 0.717) is 17.0 Å². The maximum atomic E-state index is 12.2. The predicted molar refractivity (Wildman–Crippen MR) is 102 cm³/mol. The minimum atomic E-state index is -1.000. The van der Waals surface area contributed by atoms with Gasteiger partial charge in [0.05, 0.1) is 0 Å². The number of esters is 1. The van der Waals surface area contributed by atoms with E-state index in [9.17, 15) is 14.4 Å². The standard InChI is InChI=1S/C21H23NO5/c1-13-7-5-8-14(2)20(13)26-12-19(24)27-16(4)21(25)22-18-10-6-9-17(11-18)15(3)23/h5-11,16H,12H2,1-4H3,(H,22,25)/t16-/m0/s1. The van der Waals surface area contributed by atoms with Gasteiger partial charge in [-0.25, -0.2) is 4.79 Å². The van der Waals surface area contributed by atoms with Crippen molar-refractivity contribution in [2.24, 2.45) is 0 Å². The van der Waals surface area contributed by atoms with Crippen molar-refractivity contribution < 1.29 is 23.9 Å². The van der Waals surface area contributed by atoms with Crippen LogP contribution in [0.1, 0.15) is 35.3 Å². The molecule has 142 valence electrons. The molecule has 1 amide bonds. The van der Waals surface area contributed by atoms with Crippen LogP contribution in [-0.4, -0.2) is 30.4 Å². The van der Waals surface area contributed by atoms with Gasteiger partial charge in [0.25, 0.3) is 5.91 Å². The Morgan fingerprint density at radius 2 is 1.67 bits per heavy atom. The molecule has 6 nitrogen and oxygen atoms in total. The van der Waals surface area contributed by atoms with Crippen LogP contribution in [-0.2, 0) is 14.3 Å². The highest BCUT2D eigenvalue weighted by atomic mass is 16.6. The molecule has 0 aliphatic heterocycles. The second-order valence-electron chi connectivity index (χ2n) is 6.27. The van der Waals surface area contributed by atoms with Gasteiger partial charge in [-0.3, -0.25) is 9.59 Å². The monoisotopic (exact) mass is 369 g/mol. The summed E-state index contributed by atoms with van der Waals surface area (Å²) in [7, 11) is 0. The molecule has 0 saturated carbocycles. The summed E-state index contributed by atoms with van der Waals surface area (Å²) in [5, 5.41) is 2.63. The summed E-state index contributed by atoms with van der Waals surface area (Å²) in [6, 6.07) is 12.2. The van der Waals surface area contributed by atoms with Crippen LogP contribution < -0.4 is 10.1 Å². The lowest BCUT2D eigenvalue weighted by Gasteiger charge is -2.15. The molecule has 0 aromatic heterocycles. The van der Waals surface area contributed by atoms with Crippen LogP contribution in [0.3, 0.4) is 0 Å². The number of nitrogens with one attached hydrogen (secondary N) is 1. The van der Waals surface area contributed by atoms with E-state index in [2.05, 4.69) is 5.32 Å². The lowest BCUT2D eigenvalue weighted by molar-refractivity contribution is -0.155. The number of carbonyl (C=O) groups excluding carboxylic acids is 3. The summed E-state index contributed by atoms with van der Waals surface area (Å²) in [6.07, 6.45) is -1.000. The van der Waals surface area contributed by atoms with Crippen molar-refractivity contribution in [3.8, 4) is 5.75 Å². The number of anilines is 1. The number of amides is 1. The predicted octanol–water partition coefficient (Wildman–Crippen LogP) is 3.46. The fraction of sp³-hybridized carbons (Fsp3) is 0.286. The van der Waals surface area contributed by atoms with E-state index in [0.717, 1.165) is 11.1 Å². The largest absolute Gasteiger partial charge is 0.481 e. The Labute approximate surface area is 158 Å². The number of ether oxygens (including phenoxy) is 2. The van der Waals surface area contributed by atoms with Crippen LogP contribution >= 0.6 is 0 Å². The molecule has 0 heterocycles. The highest BCUT2D eigenvalue weighted by molar-refractivity contribution is 5.98. The molecule has 0 spiro atoms. The van der Waals surface area contributed by atoms with Crippen molar-refractivity contribution in [2.45, 2.75) is 33.8 Å². The number of benzene rings is 2. The number of aryl methyl sites for hydroxylation is 2.